The molecule has 3 aromatic carbocycles. The van der Waals surface area contributed by atoms with Crippen LogP contribution in [0, 0.1) is 0 Å². The lowest BCUT2D eigenvalue weighted by Crippen LogP contribution is -2.47. The van der Waals surface area contributed by atoms with Crippen molar-refractivity contribution >= 4 is 21.8 Å². The molecule has 8 nitrogen and oxygen atoms in total. The zero-order chi connectivity index (χ0) is 28.5. The topological polar surface area (TPSA) is 96.0 Å². The number of nitrogens with zero attached hydrogens (tertiary/aromatic N) is 2. The molecule has 1 aliphatic rings. The highest BCUT2D eigenvalue weighted by molar-refractivity contribution is 7.89. The minimum atomic E-state index is -3.48. The molecular weight excluding hydrogens is 526 g/mol. The largest absolute Gasteiger partial charge is 0.496 e. The lowest BCUT2D eigenvalue weighted by atomic mass is 10.1. The average Bonchev–Trinajstić information content (AvgIpc) is 3.54. The van der Waals surface area contributed by atoms with Gasteiger partial charge in [-0.15, -0.1) is 0 Å². The number of aryl methyl sites for hydroxylation is 1. The number of benzene rings is 3. The van der Waals surface area contributed by atoms with Gasteiger partial charge in [0.25, 0.3) is 0 Å². The van der Waals surface area contributed by atoms with Crippen molar-refractivity contribution in [2.24, 2.45) is 0 Å². The summed E-state index contributed by atoms with van der Waals surface area (Å²) in [5.74, 6) is 0.274. The summed E-state index contributed by atoms with van der Waals surface area (Å²) < 4.78 is 32.5. The fourth-order valence-corrected chi connectivity index (χ4v) is 6.36. The van der Waals surface area contributed by atoms with E-state index in [2.05, 4.69) is 5.32 Å². The van der Waals surface area contributed by atoms with Crippen molar-refractivity contribution in [3.8, 4) is 5.75 Å². The number of hydrogen-bond acceptors (Lipinski definition) is 5. The first-order chi connectivity index (χ1) is 19.3. The molecule has 212 valence electrons. The molecular formula is C31H37N3O5S. The van der Waals surface area contributed by atoms with E-state index in [1.54, 1.807) is 43.2 Å². The third-order valence-electron chi connectivity index (χ3n) is 7.26. The molecule has 0 aromatic heterocycles. The Morgan fingerprint density at radius 2 is 1.57 bits per heavy atom. The standard InChI is InChI=1S/C31H37N3O5S/c1-24(31(36)32-22-27-12-6-7-13-29(27)39-2)34(23-26-10-4-3-5-11-26)30(35)19-16-25-14-17-28(18-15-25)40(37,38)33-20-8-9-21-33/h3-7,10-15,17-18,24H,8-9,16,19-23H2,1-2H3,(H,32,36)/t24-/m1/s1. The van der Waals surface area contributed by atoms with Crippen molar-refractivity contribution in [1.82, 2.24) is 14.5 Å². The zero-order valence-corrected chi connectivity index (χ0v) is 23.9. The molecule has 3 aromatic rings. The van der Waals surface area contributed by atoms with E-state index in [0.717, 1.165) is 29.5 Å². The van der Waals surface area contributed by atoms with Gasteiger partial charge in [-0.1, -0.05) is 60.7 Å². The number of rotatable bonds is 12. The van der Waals surface area contributed by atoms with Gasteiger partial charge >= 0.3 is 0 Å². The normalized spacial score (nSPS) is 14.4. The molecule has 0 bridgehead atoms. The monoisotopic (exact) mass is 563 g/mol. The highest BCUT2D eigenvalue weighted by Gasteiger charge is 2.28. The summed E-state index contributed by atoms with van der Waals surface area (Å²) in [7, 11) is -1.89. The summed E-state index contributed by atoms with van der Waals surface area (Å²) in [6.07, 6.45) is 2.39. The molecule has 1 heterocycles. The molecule has 0 unspecified atom stereocenters. The Labute approximate surface area is 237 Å². The van der Waals surface area contributed by atoms with Crippen molar-refractivity contribution in [3.63, 3.8) is 0 Å². The molecule has 1 atom stereocenters. The summed E-state index contributed by atoms with van der Waals surface area (Å²) in [4.78, 5) is 28.5. The highest BCUT2D eigenvalue weighted by Crippen LogP contribution is 2.22. The first kappa shape index (κ1) is 29.3. The van der Waals surface area contributed by atoms with Crippen LogP contribution in [0.5, 0.6) is 5.75 Å². The quantitative estimate of drug-likeness (QED) is 0.357. The summed E-state index contributed by atoms with van der Waals surface area (Å²) in [6.45, 7) is 3.43. The van der Waals surface area contributed by atoms with Crippen molar-refractivity contribution in [3.05, 3.63) is 95.6 Å². The Bertz CT molecular complexity index is 1390. The molecule has 0 radical (unpaired) electrons. The number of nitrogens with one attached hydrogen (secondary N) is 1. The number of ether oxygens (including phenoxy) is 1. The smallest absolute Gasteiger partial charge is 0.243 e. The van der Waals surface area contributed by atoms with Gasteiger partial charge in [0, 0.05) is 38.2 Å². The Morgan fingerprint density at radius 1 is 0.925 bits per heavy atom. The molecule has 1 fully saturated rings. The van der Waals surface area contributed by atoms with E-state index < -0.39 is 16.1 Å². The van der Waals surface area contributed by atoms with Crippen molar-refractivity contribution in [1.29, 1.82) is 0 Å². The maximum absolute atomic E-state index is 13.5. The fourth-order valence-electron chi connectivity index (χ4n) is 4.84. The highest BCUT2D eigenvalue weighted by atomic mass is 32.2. The summed E-state index contributed by atoms with van der Waals surface area (Å²) >= 11 is 0. The first-order valence-electron chi connectivity index (χ1n) is 13.6. The predicted molar refractivity (Wildman–Crippen MR) is 154 cm³/mol. The van der Waals surface area contributed by atoms with E-state index >= 15 is 0 Å². The van der Waals surface area contributed by atoms with E-state index in [1.807, 2.05) is 54.6 Å². The number of amides is 2. The number of hydrogen-bond donors (Lipinski definition) is 1. The van der Waals surface area contributed by atoms with Crippen LogP contribution in [0.25, 0.3) is 0 Å². The third-order valence-corrected chi connectivity index (χ3v) is 9.18. The predicted octanol–water partition coefficient (Wildman–Crippen LogP) is 4.15. The van der Waals surface area contributed by atoms with Crippen LogP contribution in [0.2, 0.25) is 0 Å². The van der Waals surface area contributed by atoms with Gasteiger partial charge in [-0.05, 0) is 55.5 Å². The zero-order valence-electron chi connectivity index (χ0n) is 23.1. The summed E-state index contributed by atoms with van der Waals surface area (Å²) in [5, 5.41) is 2.94. The van der Waals surface area contributed by atoms with Gasteiger partial charge < -0.3 is 15.0 Å². The van der Waals surface area contributed by atoms with Crippen LogP contribution in [0.4, 0.5) is 0 Å². The number of sulfonamides is 1. The number of para-hydroxylation sites is 1. The van der Waals surface area contributed by atoms with Gasteiger partial charge in [0.15, 0.2) is 0 Å². The SMILES string of the molecule is COc1ccccc1CNC(=O)[C@@H](C)N(Cc1ccccc1)C(=O)CCc1ccc(S(=O)(=O)N2CCCC2)cc1. The van der Waals surface area contributed by atoms with E-state index in [9.17, 15) is 18.0 Å². The summed E-state index contributed by atoms with van der Waals surface area (Å²) in [6, 6.07) is 23.1. The van der Waals surface area contributed by atoms with Gasteiger partial charge in [-0.3, -0.25) is 9.59 Å². The second kappa shape index (κ2) is 13.6. The van der Waals surface area contributed by atoms with Crippen molar-refractivity contribution < 1.29 is 22.7 Å². The van der Waals surface area contributed by atoms with Crippen LogP contribution >= 0.6 is 0 Å². The van der Waals surface area contributed by atoms with E-state index in [1.165, 1.54) is 4.31 Å². The Hall–Kier alpha value is -3.69. The Kier molecular flexibility index (Phi) is 9.95. The molecule has 9 heteroatoms. The van der Waals surface area contributed by atoms with Gasteiger partial charge in [0.05, 0.1) is 12.0 Å². The lowest BCUT2D eigenvalue weighted by Gasteiger charge is -2.29. The van der Waals surface area contributed by atoms with Crippen LogP contribution < -0.4 is 10.1 Å². The van der Waals surface area contributed by atoms with Crippen molar-refractivity contribution in [2.45, 2.75) is 56.6 Å². The molecule has 0 spiro atoms. The molecule has 1 aliphatic heterocycles. The van der Waals surface area contributed by atoms with Gasteiger partial charge in [-0.25, -0.2) is 8.42 Å². The van der Waals surface area contributed by atoms with Crippen molar-refractivity contribution in [2.75, 3.05) is 20.2 Å². The molecule has 0 saturated carbocycles. The fraction of sp³-hybridized carbons (Fsp3) is 0.355. The second-order valence-corrected chi connectivity index (χ2v) is 11.9. The van der Waals surface area contributed by atoms with Crippen LogP contribution in [0.15, 0.2) is 83.8 Å². The molecule has 4 rings (SSSR count). The molecule has 2 amide bonds. The molecule has 1 N–H and O–H groups in total. The second-order valence-electron chi connectivity index (χ2n) is 9.97. The minimum Gasteiger partial charge on any atom is -0.496 e. The van der Waals surface area contributed by atoms with Gasteiger partial charge in [0.1, 0.15) is 11.8 Å². The minimum absolute atomic E-state index is 0.155. The van der Waals surface area contributed by atoms with Crippen LogP contribution in [0.1, 0.15) is 42.9 Å². The van der Waals surface area contributed by atoms with E-state index in [4.69, 9.17) is 4.74 Å². The van der Waals surface area contributed by atoms with Crippen LogP contribution in [-0.4, -0.2) is 55.7 Å². The Balaban J connectivity index is 1.42. The van der Waals surface area contributed by atoms with Crippen LogP contribution in [-0.2, 0) is 39.1 Å². The first-order valence-corrected chi connectivity index (χ1v) is 15.1. The van der Waals surface area contributed by atoms with E-state index in [0.29, 0.717) is 31.8 Å². The Morgan fingerprint density at radius 3 is 2.25 bits per heavy atom. The van der Waals surface area contributed by atoms with Crippen LogP contribution in [0.3, 0.4) is 0 Å². The maximum atomic E-state index is 13.5. The number of methoxy groups -OCH3 is 1. The summed E-state index contributed by atoms with van der Waals surface area (Å²) in [5.41, 5.74) is 2.64. The van der Waals surface area contributed by atoms with Gasteiger partial charge in [0.2, 0.25) is 21.8 Å². The lowest BCUT2D eigenvalue weighted by molar-refractivity contribution is -0.140. The average molecular weight is 564 g/mol. The van der Waals surface area contributed by atoms with Gasteiger partial charge in [-0.2, -0.15) is 4.31 Å². The maximum Gasteiger partial charge on any atom is 0.243 e. The number of carbonyl (C=O) groups is 2. The number of carbonyl (C=O) groups excluding carboxylic acids is 2. The third kappa shape index (κ3) is 7.28. The molecule has 40 heavy (non-hydrogen) atoms. The molecule has 1 saturated heterocycles. The molecule has 0 aliphatic carbocycles. The van der Waals surface area contributed by atoms with E-state index in [-0.39, 0.29) is 29.7 Å².